The van der Waals surface area contributed by atoms with E-state index in [0.717, 1.165) is 16.8 Å². The Morgan fingerprint density at radius 3 is 2.32 bits per heavy atom. The average molecular weight is 502 g/mol. The molecule has 2 heterocycles. The minimum atomic E-state index is -0.289. The third-order valence-electron chi connectivity index (χ3n) is 6.68. The first-order chi connectivity index (χ1) is 17.9. The number of hydrogen-bond acceptors (Lipinski definition) is 5. The number of methoxy groups -OCH3 is 2. The summed E-state index contributed by atoms with van der Waals surface area (Å²) in [6, 6.07) is 19.6. The highest BCUT2D eigenvalue weighted by molar-refractivity contribution is 5.78. The van der Waals surface area contributed by atoms with Gasteiger partial charge in [-0.1, -0.05) is 44.2 Å². The minimum Gasteiger partial charge on any atom is -0.497 e. The summed E-state index contributed by atoms with van der Waals surface area (Å²) in [5, 5.41) is 3.14. The van der Waals surface area contributed by atoms with Crippen LogP contribution in [-0.2, 0) is 11.4 Å². The molecular formula is C30H35N3O4. The summed E-state index contributed by atoms with van der Waals surface area (Å²) in [5.74, 6) is 2.02. The second kappa shape index (κ2) is 11.8. The number of nitrogens with one attached hydrogen (secondary N) is 1. The third kappa shape index (κ3) is 6.23. The Labute approximate surface area is 218 Å². The van der Waals surface area contributed by atoms with E-state index in [1.807, 2.05) is 84.4 Å². The number of benzene rings is 2. The topological polar surface area (TPSA) is 74.1 Å². The number of rotatable bonds is 11. The first-order valence-corrected chi connectivity index (χ1v) is 12.5. The van der Waals surface area contributed by atoms with Crippen molar-refractivity contribution in [2.45, 2.75) is 45.8 Å². The highest BCUT2D eigenvalue weighted by atomic mass is 16.5. The summed E-state index contributed by atoms with van der Waals surface area (Å²) in [6.45, 7) is 6.65. The molecule has 2 aromatic carbocycles. The molecule has 0 aliphatic carbocycles. The molecule has 4 rings (SSSR count). The molecule has 0 unspecified atom stereocenters. The number of pyridine rings is 1. The monoisotopic (exact) mass is 501 g/mol. The normalized spacial score (nSPS) is 12.8. The SMILES string of the molecule is COc1cc(OC)cc([C@H](CC(=O)N[C@@H](C)C(C)C)c2cnc3c(OCc4ccccc4)cccn23)c1. The van der Waals surface area contributed by atoms with Crippen LogP contribution in [0, 0.1) is 5.92 Å². The van der Waals surface area contributed by atoms with Gasteiger partial charge >= 0.3 is 0 Å². The van der Waals surface area contributed by atoms with Crippen molar-refractivity contribution in [2.75, 3.05) is 14.2 Å². The van der Waals surface area contributed by atoms with Crippen LogP contribution in [0.1, 0.15) is 49.9 Å². The Morgan fingerprint density at radius 1 is 0.973 bits per heavy atom. The molecule has 194 valence electrons. The second-order valence-electron chi connectivity index (χ2n) is 9.53. The summed E-state index contributed by atoms with van der Waals surface area (Å²) in [7, 11) is 3.24. The number of ether oxygens (including phenoxy) is 3. The molecule has 0 aliphatic heterocycles. The van der Waals surface area contributed by atoms with E-state index >= 15 is 0 Å². The molecule has 7 nitrogen and oxygen atoms in total. The van der Waals surface area contributed by atoms with E-state index in [1.165, 1.54) is 0 Å². The molecule has 0 spiro atoms. The first-order valence-electron chi connectivity index (χ1n) is 12.5. The predicted octanol–water partition coefficient (Wildman–Crippen LogP) is 5.61. The molecule has 7 heteroatoms. The molecule has 2 atom stereocenters. The van der Waals surface area contributed by atoms with E-state index in [-0.39, 0.29) is 24.3 Å². The van der Waals surface area contributed by atoms with Gasteiger partial charge < -0.3 is 23.9 Å². The maximum absolute atomic E-state index is 13.2. The van der Waals surface area contributed by atoms with Gasteiger partial charge in [-0.05, 0) is 48.2 Å². The molecule has 0 fully saturated rings. The zero-order chi connectivity index (χ0) is 26.4. The van der Waals surface area contributed by atoms with Gasteiger partial charge in [-0.25, -0.2) is 4.98 Å². The van der Waals surface area contributed by atoms with Gasteiger partial charge in [0.1, 0.15) is 18.1 Å². The van der Waals surface area contributed by atoms with Gasteiger partial charge in [-0.3, -0.25) is 4.79 Å². The van der Waals surface area contributed by atoms with Gasteiger partial charge in [-0.2, -0.15) is 0 Å². The van der Waals surface area contributed by atoms with Crippen molar-refractivity contribution < 1.29 is 19.0 Å². The summed E-state index contributed by atoms with van der Waals surface area (Å²) >= 11 is 0. The van der Waals surface area contributed by atoms with Crippen molar-refractivity contribution in [3.05, 3.63) is 89.9 Å². The lowest BCUT2D eigenvalue weighted by Gasteiger charge is -2.22. The van der Waals surface area contributed by atoms with Crippen LogP contribution >= 0.6 is 0 Å². The molecule has 1 amide bonds. The fourth-order valence-electron chi connectivity index (χ4n) is 4.20. The van der Waals surface area contributed by atoms with Crippen LogP contribution in [0.15, 0.2) is 73.1 Å². The molecule has 2 aromatic heterocycles. The van der Waals surface area contributed by atoms with Crippen LogP contribution in [0.3, 0.4) is 0 Å². The van der Waals surface area contributed by atoms with Gasteiger partial charge in [0, 0.05) is 36.8 Å². The molecule has 0 saturated heterocycles. The van der Waals surface area contributed by atoms with Crippen LogP contribution in [-0.4, -0.2) is 35.6 Å². The maximum Gasteiger partial charge on any atom is 0.221 e. The van der Waals surface area contributed by atoms with Crippen molar-refractivity contribution in [1.82, 2.24) is 14.7 Å². The van der Waals surface area contributed by atoms with E-state index in [0.29, 0.717) is 35.4 Å². The molecule has 0 radical (unpaired) electrons. The van der Waals surface area contributed by atoms with Crippen LogP contribution in [0.25, 0.3) is 5.65 Å². The number of hydrogen-bond donors (Lipinski definition) is 1. The minimum absolute atomic E-state index is 0.0283. The Hall–Kier alpha value is -4.00. The van der Waals surface area contributed by atoms with E-state index in [1.54, 1.807) is 14.2 Å². The van der Waals surface area contributed by atoms with Crippen molar-refractivity contribution in [3.63, 3.8) is 0 Å². The molecular weight excluding hydrogens is 466 g/mol. The highest BCUT2D eigenvalue weighted by Gasteiger charge is 2.25. The van der Waals surface area contributed by atoms with E-state index < -0.39 is 0 Å². The number of nitrogens with zero attached hydrogens (tertiary/aromatic N) is 2. The van der Waals surface area contributed by atoms with Gasteiger partial charge in [0.15, 0.2) is 11.4 Å². The van der Waals surface area contributed by atoms with E-state index in [4.69, 9.17) is 19.2 Å². The quantitative estimate of drug-likeness (QED) is 0.289. The molecule has 0 saturated carbocycles. The van der Waals surface area contributed by atoms with Crippen molar-refractivity contribution in [3.8, 4) is 17.2 Å². The third-order valence-corrected chi connectivity index (χ3v) is 6.68. The number of amides is 1. The summed E-state index contributed by atoms with van der Waals surface area (Å²) in [6.07, 6.45) is 4.02. The number of fused-ring (bicyclic) bond motifs is 1. The number of carbonyl (C=O) groups is 1. The van der Waals surface area contributed by atoms with Crippen LogP contribution in [0.5, 0.6) is 17.2 Å². The number of aromatic nitrogens is 2. The van der Waals surface area contributed by atoms with E-state index in [9.17, 15) is 4.79 Å². The van der Waals surface area contributed by atoms with Gasteiger partial charge in [0.05, 0.1) is 19.9 Å². The van der Waals surface area contributed by atoms with Crippen LogP contribution < -0.4 is 19.5 Å². The molecule has 37 heavy (non-hydrogen) atoms. The molecule has 1 N–H and O–H groups in total. The summed E-state index contributed by atoms with van der Waals surface area (Å²) in [4.78, 5) is 17.9. The van der Waals surface area contributed by atoms with E-state index in [2.05, 4.69) is 19.2 Å². The Morgan fingerprint density at radius 2 is 1.68 bits per heavy atom. The smallest absolute Gasteiger partial charge is 0.221 e. The fourth-order valence-corrected chi connectivity index (χ4v) is 4.20. The van der Waals surface area contributed by atoms with Gasteiger partial charge in [0.2, 0.25) is 5.91 Å². The zero-order valence-electron chi connectivity index (χ0n) is 22.1. The Balaban J connectivity index is 1.72. The second-order valence-corrected chi connectivity index (χ2v) is 9.53. The first kappa shape index (κ1) is 26.1. The average Bonchev–Trinajstić information content (AvgIpc) is 3.35. The summed E-state index contributed by atoms with van der Waals surface area (Å²) in [5.41, 5.74) is 3.56. The molecule has 0 bridgehead atoms. The van der Waals surface area contributed by atoms with Crippen molar-refractivity contribution >= 4 is 11.6 Å². The fraction of sp³-hybridized carbons (Fsp3) is 0.333. The zero-order valence-corrected chi connectivity index (χ0v) is 22.1. The van der Waals surface area contributed by atoms with Crippen molar-refractivity contribution in [2.24, 2.45) is 5.92 Å². The predicted molar refractivity (Wildman–Crippen MR) is 144 cm³/mol. The Bertz CT molecular complexity index is 1310. The van der Waals surface area contributed by atoms with Gasteiger partial charge in [-0.15, -0.1) is 0 Å². The lowest BCUT2D eigenvalue weighted by molar-refractivity contribution is -0.122. The van der Waals surface area contributed by atoms with Gasteiger partial charge in [0.25, 0.3) is 0 Å². The highest BCUT2D eigenvalue weighted by Crippen LogP contribution is 2.35. The molecule has 4 aromatic rings. The molecule has 0 aliphatic rings. The maximum atomic E-state index is 13.2. The summed E-state index contributed by atoms with van der Waals surface area (Å²) < 4.78 is 19.2. The number of imidazole rings is 1. The van der Waals surface area contributed by atoms with Crippen molar-refractivity contribution in [1.29, 1.82) is 0 Å². The standard InChI is InChI=1S/C30H35N3O4/c1-20(2)21(3)32-29(34)17-26(23-14-24(35-4)16-25(15-23)36-5)27-18-31-30-28(12-9-13-33(27)30)37-19-22-10-7-6-8-11-22/h6-16,18,20-21,26H,17,19H2,1-5H3,(H,32,34)/t21-,26-/m0/s1. The lowest BCUT2D eigenvalue weighted by atomic mass is 9.91. The largest absolute Gasteiger partial charge is 0.497 e. The van der Waals surface area contributed by atoms with Crippen LogP contribution in [0.2, 0.25) is 0 Å². The van der Waals surface area contributed by atoms with Crippen LogP contribution in [0.4, 0.5) is 0 Å². The number of carbonyl (C=O) groups excluding carboxylic acids is 1. The lowest BCUT2D eigenvalue weighted by Crippen LogP contribution is -2.36. The Kier molecular flexibility index (Phi) is 8.33.